The lowest BCUT2D eigenvalue weighted by atomic mass is 10.1. The minimum atomic E-state index is -0.471. The van der Waals surface area contributed by atoms with Crippen LogP contribution in [0.15, 0.2) is 64.4 Å². The zero-order chi connectivity index (χ0) is 20.1. The largest absolute Gasteiger partial charge is 0.342 e. The lowest BCUT2D eigenvalue weighted by molar-refractivity contribution is -0.130. The third-order valence-corrected chi connectivity index (χ3v) is 6.52. The predicted octanol–water partition coefficient (Wildman–Crippen LogP) is 4.35. The summed E-state index contributed by atoms with van der Waals surface area (Å²) in [6.45, 7) is 9.32. The van der Waals surface area contributed by atoms with Crippen molar-refractivity contribution in [2.45, 2.75) is 30.8 Å². The maximum atomic E-state index is 13.3. The minimum Gasteiger partial charge on any atom is -0.342 e. The maximum absolute atomic E-state index is 13.3. The Hall–Kier alpha value is -2.38. The Morgan fingerprint density at radius 3 is 2.64 bits per heavy atom. The summed E-state index contributed by atoms with van der Waals surface area (Å²) in [5.41, 5.74) is 0.797. The first kappa shape index (κ1) is 20.4. The molecule has 5 nitrogen and oxygen atoms in total. The number of hydrogen-bond acceptors (Lipinski definition) is 5. The molecule has 7 heteroatoms. The number of benzene rings is 1. The van der Waals surface area contributed by atoms with E-state index >= 15 is 0 Å². The molecule has 0 saturated heterocycles. The van der Waals surface area contributed by atoms with Crippen molar-refractivity contribution >= 4 is 39.2 Å². The topological polar surface area (TPSA) is 55.2 Å². The highest BCUT2D eigenvalue weighted by atomic mass is 32.2. The van der Waals surface area contributed by atoms with Crippen LogP contribution in [0.1, 0.15) is 24.7 Å². The average molecular weight is 414 g/mol. The molecular weight excluding hydrogens is 390 g/mol. The number of nitrogens with zero attached hydrogens (tertiary/aromatic N) is 3. The molecule has 0 aliphatic heterocycles. The Morgan fingerprint density at radius 2 is 2.00 bits per heavy atom. The van der Waals surface area contributed by atoms with Gasteiger partial charge in [0.1, 0.15) is 10.1 Å². The van der Waals surface area contributed by atoms with E-state index in [9.17, 15) is 9.59 Å². The molecule has 0 bridgehead atoms. The Balaban J connectivity index is 2.10. The van der Waals surface area contributed by atoms with Gasteiger partial charge in [-0.15, -0.1) is 17.9 Å². The molecule has 2 heterocycles. The summed E-state index contributed by atoms with van der Waals surface area (Å²) < 4.78 is 1.60. The second kappa shape index (κ2) is 9.21. The number of carbonyl (C=O) groups is 1. The van der Waals surface area contributed by atoms with Gasteiger partial charge in [0.15, 0.2) is 5.16 Å². The zero-order valence-electron chi connectivity index (χ0n) is 16.0. The average Bonchev–Trinajstić information content (AvgIpc) is 3.19. The standard InChI is InChI=1S/C21H23N3O2S2/c1-4-13-24-19(25)16-12-14-27-18(16)22-21(24)28-17(15-10-8-7-9-11-15)20(26)23(5-2)6-3/h4,7-12,14,17H,1,5-6,13H2,2-3H3. The number of carbonyl (C=O) groups excluding carboxylic acids is 1. The molecule has 28 heavy (non-hydrogen) atoms. The van der Waals surface area contributed by atoms with Gasteiger partial charge in [0.05, 0.1) is 5.39 Å². The molecule has 1 unspecified atom stereocenters. The predicted molar refractivity (Wildman–Crippen MR) is 117 cm³/mol. The van der Waals surface area contributed by atoms with Crippen LogP contribution in [0.4, 0.5) is 0 Å². The van der Waals surface area contributed by atoms with E-state index in [2.05, 4.69) is 6.58 Å². The van der Waals surface area contributed by atoms with Gasteiger partial charge >= 0.3 is 0 Å². The molecule has 0 fully saturated rings. The molecule has 0 N–H and O–H groups in total. The third kappa shape index (κ3) is 4.05. The highest BCUT2D eigenvalue weighted by Gasteiger charge is 2.28. The lowest BCUT2D eigenvalue weighted by Crippen LogP contribution is -2.34. The van der Waals surface area contributed by atoms with Gasteiger partial charge in [-0.25, -0.2) is 4.98 Å². The van der Waals surface area contributed by atoms with Gasteiger partial charge in [0, 0.05) is 19.6 Å². The normalized spacial score (nSPS) is 12.1. The molecule has 0 aliphatic rings. The van der Waals surface area contributed by atoms with E-state index in [-0.39, 0.29) is 11.5 Å². The van der Waals surface area contributed by atoms with Crippen LogP contribution in [-0.4, -0.2) is 33.4 Å². The van der Waals surface area contributed by atoms with E-state index in [4.69, 9.17) is 4.98 Å². The van der Waals surface area contributed by atoms with Crippen LogP contribution in [0.2, 0.25) is 0 Å². The molecule has 0 aliphatic carbocycles. The molecule has 0 saturated carbocycles. The molecular formula is C21H23N3O2S2. The van der Waals surface area contributed by atoms with E-state index < -0.39 is 5.25 Å². The van der Waals surface area contributed by atoms with Crippen LogP contribution >= 0.6 is 23.1 Å². The van der Waals surface area contributed by atoms with Gasteiger partial charge in [0.2, 0.25) is 5.91 Å². The summed E-state index contributed by atoms with van der Waals surface area (Å²) in [6, 6.07) is 11.4. The summed E-state index contributed by atoms with van der Waals surface area (Å²) in [5, 5.41) is 2.53. The SMILES string of the molecule is C=CCn1c(SC(C(=O)N(CC)CC)c2ccccc2)nc2sccc2c1=O. The first-order valence-corrected chi connectivity index (χ1v) is 11.0. The summed E-state index contributed by atoms with van der Waals surface area (Å²) in [7, 11) is 0. The van der Waals surface area contributed by atoms with Crippen molar-refractivity contribution in [2.75, 3.05) is 13.1 Å². The number of fused-ring (bicyclic) bond motifs is 1. The molecule has 3 rings (SSSR count). The van der Waals surface area contributed by atoms with Gasteiger partial charge in [0.25, 0.3) is 5.56 Å². The smallest absolute Gasteiger partial charge is 0.263 e. The second-order valence-electron chi connectivity index (χ2n) is 6.16. The highest BCUT2D eigenvalue weighted by Crippen LogP contribution is 2.36. The van der Waals surface area contributed by atoms with Crippen molar-refractivity contribution in [3.8, 4) is 0 Å². The van der Waals surface area contributed by atoms with Crippen molar-refractivity contribution in [2.24, 2.45) is 0 Å². The number of amides is 1. The molecule has 0 radical (unpaired) electrons. The monoisotopic (exact) mass is 413 g/mol. The molecule has 3 aromatic rings. The number of hydrogen-bond donors (Lipinski definition) is 0. The van der Waals surface area contributed by atoms with Crippen molar-refractivity contribution in [3.63, 3.8) is 0 Å². The van der Waals surface area contributed by atoms with Gasteiger partial charge in [-0.3, -0.25) is 14.2 Å². The van der Waals surface area contributed by atoms with Gasteiger partial charge in [-0.05, 0) is 30.9 Å². The Kier molecular flexibility index (Phi) is 6.70. The number of thiophene rings is 1. The summed E-state index contributed by atoms with van der Waals surface area (Å²) in [5.74, 6) is 0.0203. The highest BCUT2D eigenvalue weighted by molar-refractivity contribution is 8.00. The first-order chi connectivity index (χ1) is 13.6. The molecule has 0 spiro atoms. The Labute approximate surface area is 172 Å². The van der Waals surface area contributed by atoms with E-state index in [1.807, 2.05) is 54.5 Å². The molecule has 1 atom stereocenters. The minimum absolute atomic E-state index is 0.0203. The number of likely N-dealkylation sites (N-methyl/N-ethyl adjacent to an activating group) is 1. The third-order valence-electron chi connectivity index (χ3n) is 4.49. The fourth-order valence-corrected chi connectivity index (χ4v) is 5.00. The van der Waals surface area contributed by atoms with Gasteiger partial charge in [-0.2, -0.15) is 0 Å². The van der Waals surface area contributed by atoms with Crippen LogP contribution in [0.5, 0.6) is 0 Å². The summed E-state index contributed by atoms with van der Waals surface area (Å²) in [4.78, 5) is 33.4. The molecule has 1 aromatic carbocycles. The maximum Gasteiger partial charge on any atom is 0.263 e. The quantitative estimate of drug-likeness (QED) is 0.313. The first-order valence-electron chi connectivity index (χ1n) is 9.20. The van der Waals surface area contributed by atoms with E-state index in [1.54, 1.807) is 16.7 Å². The fraction of sp³-hybridized carbons (Fsp3) is 0.286. The Morgan fingerprint density at radius 1 is 1.29 bits per heavy atom. The van der Waals surface area contributed by atoms with Crippen LogP contribution in [0.25, 0.3) is 10.2 Å². The van der Waals surface area contributed by atoms with Crippen molar-refractivity contribution < 1.29 is 4.79 Å². The number of rotatable bonds is 8. The van der Waals surface area contributed by atoms with Crippen LogP contribution in [0, 0.1) is 0 Å². The van der Waals surface area contributed by atoms with Crippen molar-refractivity contribution in [1.29, 1.82) is 0 Å². The zero-order valence-corrected chi connectivity index (χ0v) is 17.6. The molecule has 2 aromatic heterocycles. The van der Waals surface area contributed by atoms with Crippen LogP contribution in [0.3, 0.4) is 0 Å². The van der Waals surface area contributed by atoms with Gasteiger partial charge in [-0.1, -0.05) is 48.2 Å². The van der Waals surface area contributed by atoms with Crippen LogP contribution < -0.4 is 5.56 Å². The summed E-state index contributed by atoms with van der Waals surface area (Å²) in [6.07, 6.45) is 1.68. The van der Waals surface area contributed by atoms with Crippen LogP contribution in [-0.2, 0) is 11.3 Å². The van der Waals surface area contributed by atoms with Crippen molar-refractivity contribution in [1.82, 2.24) is 14.5 Å². The lowest BCUT2D eigenvalue weighted by Gasteiger charge is -2.25. The number of allylic oxidation sites excluding steroid dienone is 1. The molecule has 1 amide bonds. The van der Waals surface area contributed by atoms with E-state index in [0.717, 1.165) is 5.56 Å². The fourth-order valence-electron chi connectivity index (χ4n) is 3.01. The molecule has 146 valence electrons. The van der Waals surface area contributed by atoms with Crippen molar-refractivity contribution in [3.05, 3.63) is 70.4 Å². The van der Waals surface area contributed by atoms with E-state index in [1.165, 1.54) is 23.1 Å². The summed E-state index contributed by atoms with van der Waals surface area (Å²) >= 11 is 2.76. The van der Waals surface area contributed by atoms with Gasteiger partial charge < -0.3 is 4.90 Å². The number of thioether (sulfide) groups is 1. The second-order valence-corrected chi connectivity index (χ2v) is 8.12. The Bertz CT molecular complexity index is 1020. The van der Waals surface area contributed by atoms with E-state index in [0.29, 0.717) is 35.0 Å². The number of aromatic nitrogens is 2.